The molecule has 3 rings (SSSR count). The van der Waals surface area contributed by atoms with Gasteiger partial charge in [-0.1, -0.05) is 0 Å². The van der Waals surface area contributed by atoms with Crippen molar-refractivity contribution in [3.8, 4) is 5.88 Å². The fourth-order valence-corrected chi connectivity index (χ4v) is 7.15. The second kappa shape index (κ2) is 13.0. The zero-order chi connectivity index (χ0) is 34.9. The van der Waals surface area contributed by atoms with Crippen molar-refractivity contribution in [2.45, 2.75) is 17.6 Å². The van der Waals surface area contributed by atoms with Crippen LogP contribution in [0.3, 0.4) is 0 Å². The maximum Gasteiger partial charge on any atom is 0.315 e. The lowest BCUT2D eigenvalue weighted by molar-refractivity contribution is 0.215. The third kappa shape index (κ3) is 9.27. The third-order valence-electron chi connectivity index (χ3n) is 6.25. The van der Waals surface area contributed by atoms with E-state index in [1.165, 1.54) is 21.1 Å². The highest BCUT2D eigenvalue weighted by atomic mass is 32.3. The molecule has 19 nitrogen and oxygen atoms in total. The van der Waals surface area contributed by atoms with Crippen molar-refractivity contribution in [3.05, 3.63) is 45.8 Å². The van der Waals surface area contributed by atoms with Gasteiger partial charge >= 0.3 is 6.08 Å². The standard InChI is InChI=1S/C23H31FN8O11S3/c1-13-15(11-44(35,36)37)19(33)32(3)20(34)18(13)30-29-16-10-14(6-7-17(16)45(38,39)40)25-22-26-21(24)27-23(28-22)31(2)12-46(5,41,42)9-8-43-4/h6-7,10,33H,8-9,11-12H2,1-5H3,(H,41,42)(H,35,36,37)(H,38,39,40)(H,25,26,27,28). The second-order valence-corrected chi connectivity index (χ2v) is 17.2. The Morgan fingerprint density at radius 2 is 1.80 bits per heavy atom. The summed E-state index contributed by atoms with van der Waals surface area (Å²) in [5.74, 6) is -3.33. The van der Waals surface area contributed by atoms with Crippen molar-refractivity contribution >= 4 is 58.5 Å². The molecule has 0 aliphatic heterocycles. The maximum atomic E-state index is 14.4. The molecule has 254 valence electrons. The summed E-state index contributed by atoms with van der Waals surface area (Å²) in [6.45, 7) is 1.19. The van der Waals surface area contributed by atoms with Crippen molar-refractivity contribution in [1.82, 2.24) is 19.5 Å². The van der Waals surface area contributed by atoms with Crippen LogP contribution in [-0.2, 0) is 47.1 Å². The highest BCUT2D eigenvalue weighted by molar-refractivity contribution is 8.14. The van der Waals surface area contributed by atoms with Crippen LogP contribution in [-0.4, -0.2) is 98.0 Å². The zero-order valence-corrected chi connectivity index (χ0v) is 27.4. The number of halogens is 1. The second-order valence-electron chi connectivity index (χ2n) is 10.3. The summed E-state index contributed by atoms with van der Waals surface area (Å²) < 4.78 is 109. The molecule has 0 radical (unpaired) electrons. The van der Waals surface area contributed by atoms with Crippen LogP contribution >= 0.6 is 0 Å². The van der Waals surface area contributed by atoms with E-state index < -0.39 is 80.9 Å². The monoisotopic (exact) mass is 710 g/mol. The van der Waals surface area contributed by atoms with Crippen molar-refractivity contribution in [2.24, 2.45) is 17.3 Å². The average molecular weight is 711 g/mol. The van der Waals surface area contributed by atoms with Crippen LogP contribution in [0, 0.1) is 13.0 Å². The molecule has 0 amide bonds. The number of anilines is 3. The van der Waals surface area contributed by atoms with Crippen molar-refractivity contribution in [1.29, 1.82) is 0 Å². The average Bonchev–Trinajstić information content (AvgIpc) is 2.91. The Bertz CT molecular complexity index is 2050. The van der Waals surface area contributed by atoms with E-state index in [1.807, 2.05) is 0 Å². The lowest BCUT2D eigenvalue weighted by atomic mass is 10.1. The quantitative estimate of drug-likeness (QED) is 0.124. The summed E-state index contributed by atoms with van der Waals surface area (Å²) in [6, 6.07) is 3.01. The minimum atomic E-state index is -4.93. The Morgan fingerprint density at radius 1 is 1.15 bits per heavy atom. The normalized spacial score (nSPS) is 13.5. The van der Waals surface area contributed by atoms with Crippen LogP contribution in [0.15, 0.2) is 38.1 Å². The molecule has 3 aromatic rings. The van der Waals surface area contributed by atoms with Gasteiger partial charge in [0.25, 0.3) is 25.8 Å². The van der Waals surface area contributed by atoms with Gasteiger partial charge in [-0.15, -0.1) is 10.2 Å². The Morgan fingerprint density at radius 3 is 2.39 bits per heavy atom. The third-order valence-corrected chi connectivity index (χ3v) is 10.1. The van der Waals surface area contributed by atoms with E-state index in [0.717, 1.165) is 36.4 Å². The number of rotatable bonds is 13. The van der Waals surface area contributed by atoms with Gasteiger partial charge in [0.2, 0.25) is 11.9 Å². The topological polar surface area (TPSA) is 276 Å². The van der Waals surface area contributed by atoms with Gasteiger partial charge in [0, 0.05) is 38.7 Å². The zero-order valence-electron chi connectivity index (χ0n) is 24.9. The molecule has 23 heteroatoms. The smallest absolute Gasteiger partial charge is 0.315 e. The Labute approximate surface area is 261 Å². The van der Waals surface area contributed by atoms with E-state index in [-0.39, 0.29) is 35.1 Å². The van der Waals surface area contributed by atoms with Crippen LogP contribution in [0.2, 0.25) is 0 Å². The van der Waals surface area contributed by atoms with E-state index in [4.69, 9.17) is 4.74 Å². The first kappa shape index (κ1) is 36.5. The van der Waals surface area contributed by atoms with Crippen LogP contribution in [0.4, 0.5) is 33.3 Å². The predicted molar refractivity (Wildman–Crippen MR) is 164 cm³/mol. The molecule has 0 spiro atoms. The minimum absolute atomic E-state index is 0.0174. The number of nitrogens with zero attached hydrogens (tertiary/aromatic N) is 7. The summed E-state index contributed by atoms with van der Waals surface area (Å²) in [5, 5.41) is 20.3. The molecule has 0 fully saturated rings. The highest BCUT2D eigenvalue weighted by Gasteiger charge is 2.26. The Kier molecular flexibility index (Phi) is 10.3. The van der Waals surface area contributed by atoms with Gasteiger partial charge in [-0.05, 0) is 30.7 Å². The molecule has 0 aliphatic carbocycles. The Balaban J connectivity index is 2.05. The van der Waals surface area contributed by atoms with Gasteiger partial charge in [0.15, 0.2) is 11.6 Å². The molecule has 0 saturated carbocycles. The van der Waals surface area contributed by atoms with Crippen LogP contribution in [0.1, 0.15) is 11.1 Å². The molecule has 0 unspecified atom stereocenters. The van der Waals surface area contributed by atoms with Gasteiger partial charge < -0.3 is 24.6 Å². The van der Waals surface area contributed by atoms with Crippen molar-refractivity contribution in [2.75, 3.05) is 48.9 Å². The molecule has 1 aromatic carbocycles. The molecular weight excluding hydrogens is 679 g/mol. The predicted octanol–water partition coefficient (Wildman–Crippen LogP) is 1.48. The highest BCUT2D eigenvalue weighted by Crippen LogP contribution is 2.33. The van der Waals surface area contributed by atoms with E-state index >= 15 is 0 Å². The van der Waals surface area contributed by atoms with Crippen LogP contribution in [0.5, 0.6) is 5.88 Å². The number of methoxy groups -OCH3 is 1. The minimum Gasteiger partial charge on any atom is -0.494 e. The first-order valence-electron chi connectivity index (χ1n) is 12.6. The first-order chi connectivity index (χ1) is 21.0. The molecule has 2 aromatic heterocycles. The molecule has 0 saturated heterocycles. The van der Waals surface area contributed by atoms with Crippen molar-refractivity contribution < 1.29 is 48.9 Å². The molecular formula is C23H31FN8O11S3. The van der Waals surface area contributed by atoms with Crippen LogP contribution < -0.4 is 15.8 Å². The number of ether oxygens (including phenoxy) is 1. The number of nitrogens with one attached hydrogen (secondary N) is 1. The first-order valence-corrected chi connectivity index (χ1v) is 18.4. The maximum absolute atomic E-state index is 14.4. The SMILES string of the molecule is COCCS(C)(=O)(O)CN(C)c1nc(F)nc(Nc2ccc(S(=O)(=O)O)c(N=Nc3c(C)c(CS(=O)(=O)O)c(O)n(C)c3=O)c2)n1. The van der Waals surface area contributed by atoms with E-state index in [9.17, 15) is 49.0 Å². The fraction of sp³-hybridized carbons (Fsp3) is 0.391. The summed E-state index contributed by atoms with van der Waals surface area (Å²) in [5.41, 5.74) is -2.69. The Hall–Kier alpha value is -4.00. The number of hydrogen-bond acceptors (Lipinski definition) is 15. The van der Waals surface area contributed by atoms with Gasteiger partial charge in [0.1, 0.15) is 22.2 Å². The molecule has 2 heterocycles. The van der Waals surface area contributed by atoms with Gasteiger partial charge in [-0.3, -0.25) is 18.5 Å². The van der Waals surface area contributed by atoms with Crippen LogP contribution in [0.25, 0.3) is 0 Å². The number of benzene rings is 1. The summed E-state index contributed by atoms with van der Waals surface area (Å²) >= 11 is 0. The number of azo groups is 1. The van der Waals surface area contributed by atoms with Crippen molar-refractivity contribution in [3.63, 3.8) is 0 Å². The summed E-state index contributed by atoms with van der Waals surface area (Å²) in [7, 11) is -10.1. The summed E-state index contributed by atoms with van der Waals surface area (Å²) in [6.07, 6.45) is -0.149. The molecule has 0 bridgehead atoms. The summed E-state index contributed by atoms with van der Waals surface area (Å²) in [4.78, 5) is 24.2. The number of hydrogen-bond donors (Lipinski definition) is 5. The van der Waals surface area contributed by atoms with Gasteiger partial charge in [-0.2, -0.15) is 45.5 Å². The number of aromatic nitrogens is 4. The van der Waals surface area contributed by atoms with E-state index in [1.54, 1.807) is 0 Å². The van der Waals surface area contributed by atoms with Gasteiger partial charge in [-0.25, -0.2) is 4.21 Å². The van der Waals surface area contributed by atoms with Gasteiger partial charge in [0.05, 0.1) is 12.4 Å². The molecule has 46 heavy (non-hydrogen) atoms. The fourth-order valence-electron chi connectivity index (χ4n) is 4.01. The van der Waals surface area contributed by atoms with E-state index in [2.05, 4.69) is 30.5 Å². The number of pyridine rings is 1. The molecule has 5 N–H and O–H groups in total. The largest absolute Gasteiger partial charge is 0.494 e. The lowest BCUT2D eigenvalue weighted by Crippen LogP contribution is -2.46. The molecule has 0 aliphatic rings. The number of aromatic hydroxyl groups is 1. The molecule has 0 atom stereocenters. The van der Waals surface area contributed by atoms with E-state index in [0.29, 0.717) is 4.57 Å². The lowest BCUT2D eigenvalue weighted by Gasteiger charge is -2.41.